The van der Waals surface area contributed by atoms with E-state index in [4.69, 9.17) is 4.74 Å². The Balaban J connectivity index is 2.21. The number of hydrogen-bond donors (Lipinski definition) is 2. The Kier molecular flexibility index (Phi) is 7.86. The predicted molar refractivity (Wildman–Crippen MR) is 111 cm³/mol. The lowest BCUT2D eigenvalue weighted by atomic mass is 10.0. The zero-order valence-corrected chi connectivity index (χ0v) is 18.2. The molecule has 1 aliphatic rings. The number of anilines is 1. The zero-order valence-electron chi connectivity index (χ0n) is 17.4. The molecule has 7 nitrogen and oxygen atoms in total. The normalized spacial score (nSPS) is 16.0. The Morgan fingerprint density at radius 2 is 1.86 bits per heavy atom. The van der Waals surface area contributed by atoms with Gasteiger partial charge in [0.15, 0.2) is 0 Å². The van der Waals surface area contributed by atoms with Gasteiger partial charge in [-0.1, -0.05) is 13.3 Å². The number of amides is 1. The highest BCUT2D eigenvalue weighted by atomic mass is 32.2. The quantitative estimate of drug-likeness (QED) is 0.652. The van der Waals surface area contributed by atoms with E-state index in [1.165, 1.54) is 10.4 Å². The Labute approximate surface area is 168 Å². The summed E-state index contributed by atoms with van der Waals surface area (Å²) in [6.07, 6.45) is 3.68. The van der Waals surface area contributed by atoms with Gasteiger partial charge in [-0.05, 0) is 58.2 Å². The lowest BCUT2D eigenvalue weighted by Gasteiger charge is -2.26. The van der Waals surface area contributed by atoms with Gasteiger partial charge in [-0.2, -0.15) is 4.31 Å². The Hall–Kier alpha value is -1.64. The van der Waals surface area contributed by atoms with E-state index in [1.54, 1.807) is 12.1 Å². The van der Waals surface area contributed by atoms with Gasteiger partial charge < -0.3 is 15.4 Å². The third-order valence-electron chi connectivity index (χ3n) is 5.09. The molecule has 28 heavy (non-hydrogen) atoms. The van der Waals surface area contributed by atoms with Crippen LogP contribution in [0.1, 0.15) is 53.4 Å². The number of piperidine rings is 1. The van der Waals surface area contributed by atoms with Crippen LogP contribution >= 0.6 is 0 Å². The third kappa shape index (κ3) is 5.93. The second-order valence-corrected chi connectivity index (χ2v) is 9.63. The molecule has 0 bridgehead atoms. The molecule has 1 aliphatic heterocycles. The molecule has 2 N–H and O–H groups in total. The van der Waals surface area contributed by atoms with Crippen molar-refractivity contribution in [2.75, 3.05) is 31.6 Å². The minimum atomic E-state index is -3.58. The van der Waals surface area contributed by atoms with E-state index in [1.807, 2.05) is 27.7 Å². The van der Waals surface area contributed by atoms with Crippen molar-refractivity contribution in [2.45, 2.75) is 63.8 Å². The molecule has 1 aromatic carbocycles. The van der Waals surface area contributed by atoms with E-state index in [-0.39, 0.29) is 22.9 Å². The van der Waals surface area contributed by atoms with E-state index in [0.717, 1.165) is 25.7 Å². The highest BCUT2D eigenvalue weighted by Crippen LogP contribution is 2.30. The Morgan fingerprint density at radius 3 is 2.46 bits per heavy atom. The number of hydrogen-bond acceptors (Lipinski definition) is 5. The van der Waals surface area contributed by atoms with Crippen LogP contribution in [0.3, 0.4) is 0 Å². The summed E-state index contributed by atoms with van der Waals surface area (Å²) in [5, 5.41) is 6.00. The monoisotopic (exact) mass is 411 g/mol. The maximum Gasteiger partial charge on any atom is 0.243 e. The second-order valence-electron chi connectivity index (χ2n) is 7.69. The van der Waals surface area contributed by atoms with Crippen LogP contribution < -0.4 is 15.4 Å². The molecule has 0 aliphatic carbocycles. The van der Waals surface area contributed by atoms with Crippen LogP contribution in [0.5, 0.6) is 5.75 Å². The van der Waals surface area contributed by atoms with E-state index < -0.39 is 10.0 Å². The molecule has 0 saturated carbocycles. The van der Waals surface area contributed by atoms with Gasteiger partial charge in [0, 0.05) is 18.6 Å². The summed E-state index contributed by atoms with van der Waals surface area (Å²) in [5.74, 6) is 0.221. The number of carbonyl (C=O) groups is 1. The van der Waals surface area contributed by atoms with Gasteiger partial charge in [0.1, 0.15) is 5.75 Å². The van der Waals surface area contributed by atoms with Crippen LogP contribution in [-0.2, 0) is 14.8 Å². The van der Waals surface area contributed by atoms with Gasteiger partial charge in [-0.3, -0.25) is 4.79 Å². The summed E-state index contributed by atoms with van der Waals surface area (Å²) in [6, 6.07) is 4.65. The van der Waals surface area contributed by atoms with Gasteiger partial charge in [-0.15, -0.1) is 0 Å². The highest BCUT2D eigenvalue weighted by molar-refractivity contribution is 7.89. The molecule has 0 spiro atoms. The number of benzene rings is 1. The van der Waals surface area contributed by atoms with Crippen LogP contribution in [0.4, 0.5) is 5.69 Å². The predicted octanol–water partition coefficient (Wildman–Crippen LogP) is 2.98. The number of carbonyl (C=O) groups excluding carboxylic acids is 1. The number of nitrogens with one attached hydrogen (secondary N) is 2. The zero-order chi connectivity index (χ0) is 20.8. The summed E-state index contributed by atoms with van der Waals surface area (Å²) in [4.78, 5) is 12.6. The molecule has 0 atom stereocenters. The average Bonchev–Trinajstić information content (AvgIpc) is 2.68. The first-order valence-corrected chi connectivity index (χ1v) is 11.5. The minimum absolute atomic E-state index is 0.134. The Bertz CT molecular complexity index is 772. The number of nitrogens with zero attached hydrogens (tertiary/aromatic N) is 1. The van der Waals surface area contributed by atoms with Crippen LogP contribution in [0.2, 0.25) is 0 Å². The third-order valence-corrected chi connectivity index (χ3v) is 6.98. The summed E-state index contributed by atoms with van der Waals surface area (Å²) < 4.78 is 33.0. The molecule has 2 rings (SSSR count). The first kappa shape index (κ1) is 22.6. The lowest BCUT2D eigenvalue weighted by Crippen LogP contribution is -2.43. The van der Waals surface area contributed by atoms with Gasteiger partial charge >= 0.3 is 0 Å². The standard InChI is InChI=1S/C20H33N3O4S/c1-5-20(3,4)21-15-19(24)22-17-14-16(10-11-18(17)27-6-2)28(25,26)23-12-8-7-9-13-23/h10-11,14,21H,5-9,12-13,15H2,1-4H3,(H,22,24). The van der Waals surface area contributed by atoms with Gasteiger partial charge in [0.05, 0.1) is 23.7 Å². The van der Waals surface area contributed by atoms with Crippen LogP contribution in [0.15, 0.2) is 23.1 Å². The van der Waals surface area contributed by atoms with Crippen molar-refractivity contribution < 1.29 is 17.9 Å². The molecule has 158 valence electrons. The average molecular weight is 412 g/mol. The minimum Gasteiger partial charge on any atom is -0.492 e. The van der Waals surface area contributed by atoms with Crippen LogP contribution in [-0.4, -0.2) is 50.4 Å². The Morgan fingerprint density at radius 1 is 1.18 bits per heavy atom. The molecule has 1 aromatic rings. The molecule has 1 heterocycles. The molecule has 8 heteroatoms. The molecule has 0 aromatic heterocycles. The molecule has 0 radical (unpaired) electrons. The molecular weight excluding hydrogens is 378 g/mol. The maximum absolute atomic E-state index is 13.0. The SMILES string of the molecule is CCOc1ccc(S(=O)(=O)N2CCCCC2)cc1NC(=O)CNC(C)(C)CC. The maximum atomic E-state index is 13.0. The highest BCUT2D eigenvalue weighted by Gasteiger charge is 2.27. The first-order valence-electron chi connectivity index (χ1n) is 10.0. The fraction of sp³-hybridized carbons (Fsp3) is 0.650. The molecular formula is C20H33N3O4S. The second kappa shape index (κ2) is 9.71. The lowest BCUT2D eigenvalue weighted by molar-refractivity contribution is -0.115. The smallest absolute Gasteiger partial charge is 0.243 e. The van der Waals surface area contributed by atoms with E-state index in [0.29, 0.717) is 31.1 Å². The van der Waals surface area contributed by atoms with E-state index in [9.17, 15) is 13.2 Å². The number of sulfonamides is 1. The van der Waals surface area contributed by atoms with Gasteiger partial charge in [0.2, 0.25) is 15.9 Å². The largest absolute Gasteiger partial charge is 0.492 e. The van der Waals surface area contributed by atoms with Crippen molar-refractivity contribution in [3.8, 4) is 5.75 Å². The number of ether oxygens (including phenoxy) is 1. The van der Waals surface area contributed by atoms with Crippen molar-refractivity contribution in [1.29, 1.82) is 0 Å². The summed E-state index contributed by atoms with van der Waals surface area (Å²) in [6.45, 7) is 9.57. The number of rotatable bonds is 9. The van der Waals surface area contributed by atoms with Gasteiger partial charge in [-0.25, -0.2) is 8.42 Å². The summed E-state index contributed by atoms with van der Waals surface area (Å²) in [7, 11) is -3.58. The van der Waals surface area contributed by atoms with Gasteiger partial charge in [0.25, 0.3) is 0 Å². The topological polar surface area (TPSA) is 87.7 Å². The van der Waals surface area contributed by atoms with E-state index >= 15 is 0 Å². The first-order chi connectivity index (χ1) is 13.2. The fourth-order valence-electron chi connectivity index (χ4n) is 2.94. The molecule has 1 amide bonds. The summed E-state index contributed by atoms with van der Waals surface area (Å²) >= 11 is 0. The molecule has 1 saturated heterocycles. The molecule has 0 unspecified atom stereocenters. The van der Waals surface area contributed by atoms with Crippen LogP contribution in [0, 0.1) is 0 Å². The van der Waals surface area contributed by atoms with Crippen LogP contribution in [0.25, 0.3) is 0 Å². The van der Waals surface area contributed by atoms with E-state index in [2.05, 4.69) is 10.6 Å². The van der Waals surface area contributed by atoms with Crippen molar-refractivity contribution >= 4 is 21.6 Å². The van der Waals surface area contributed by atoms with Crippen molar-refractivity contribution in [3.05, 3.63) is 18.2 Å². The molecule has 1 fully saturated rings. The fourth-order valence-corrected chi connectivity index (χ4v) is 4.49. The van der Waals surface area contributed by atoms with Crippen molar-refractivity contribution in [2.24, 2.45) is 0 Å². The van der Waals surface area contributed by atoms with Crippen molar-refractivity contribution in [1.82, 2.24) is 9.62 Å². The van der Waals surface area contributed by atoms with Crippen molar-refractivity contribution in [3.63, 3.8) is 0 Å². The summed E-state index contributed by atoms with van der Waals surface area (Å²) in [5.41, 5.74) is 0.223.